The number of fused-ring (bicyclic) bond motifs is 1. The molecule has 3 heteroatoms. The molecule has 0 atom stereocenters. The van der Waals surface area contributed by atoms with E-state index in [0.717, 1.165) is 18.6 Å². The smallest absolute Gasteiger partial charge is 0.162 e. The minimum atomic E-state index is -0.0809. The molecular weight excluding hydrogens is 192 g/mol. The number of Topliss-reactive ketones (excluding diaryl/α,β-unsaturated/α-hetero) is 1. The first-order valence-corrected chi connectivity index (χ1v) is 5.15. The molecule has 3 rings (SSSR count). The van der Waals surface area contributed by atoms with Crippen LogP contribution in [0.3, 0.4) is 0 Å². The molecule has 2 aliphatic rings. The molecule has 1 heterocycles. The van der Waals surface area contributed by atoms with E-state index in [1.165, 1.54) is 0 Å². The van der Waals surface area contributed by atoms with Gasteiger partial charge in [-0.3, -0.25) is 4.79 Å². The average molecular weight is 204 g/mol. The predicted molar refractivity (Wildman–Crippen MR) is 54.5 cm³/mol. The van der Waals surface area contributed by atoms with Gasteiger partial charge < -0.3 is 9.47 Å². The monoisotopic (exact) mass is 204 g/mol. The van der Waals surface area contributed by atoms with Crippen molar-refractivity contribution >= 4 is 5.78 Å². The van der Waals surface area contributed by atoms with Crippen molar-refractivity contribution in [1.82, 2.24) is 0 Å². The van der Waals surface area contributed by atoms with Crippen LogP contribution in [0.25, 0.3) is 0 Å². The molecule has 1 aliphatic carbocycles. The van der Waals surface area contributed by atoms with Gasteiger partial charge in [-0.15, -0.1) is 0 Å². The summed E-state index contributed by atoms with van der Waals surface area (Å²) in [6.07, 6.45) is 2.10. The van der Waals surface area contributed by atoms with Crippen LogP contribution in [0.1, 0.15) is 30.1 Å². The zero-order valence-electron chi connectivity index (χ0n) is 8.58. The van der Waals surface area contributed by atoms with Crippen LogP contribution in [0.4, 0.5) is 0 Å². The molecule has 1 aliphatic heterocycles. The van der Waals surface area contributed by atoms with E-state index in [2.05, 4.69) is 0 Å². The van der Waals surface area contributed by atoms with Crippen LogP contribution in [0.5, 0.6) is 11.5 Å². The molecule has 1 aromatic rings. The molecule has 0 saturated heterocycles. The Bertz CT molecular complexity index is 432. The predicted octanol–water partition coefficient (Wildman–Crippen LogP) is 2.19. The highest BCUT2D eigenvalue weighted by molar-refractivity contribution is 5.94. The van der Waals surface area contributed by atoms with Gasteiger partial charge in [0.15, 0.2) is 17.3 Å². The van der Waals surface area contributed by atoms with Crippen molar-refractivity contribution in [1.29, 1.82) is 0 Å². The first kappa shape index (κ1) is 8.77. The van der Waals surface area contributed by atoms with E-state index in [4.69, 9.17) is 9.47 Å². The van der Waals surface area contributed by atoms with Crippen molar-refractivity contribution in [2.45, 2.75) is 25.4 Å². The second-order valence-electron chi connectivity index (χ2n) is 4.29. The van der Waals surface area contributed by atoms with Gasteiger partial charge in [0.25, 0.3) is 0 Å². The van der Waals surface area contributed by atoms with Crippen molar-refractivity contribution in [2.75, 3.05) is 6.61 Å². The molecule has 0 unspecified atom stereocenters. The number of hydrogen-bond donors (Lipinski definition) is 0. The van der Waals surface area contributed by atoms with Crippen molar-refractivity contribution < 1.29 is 14.3 Å². The lowest BCUT2D eigenvalue weighted by atomic mass is 10.1. The summed E-state index contributed by atoms with van der Waals surface area (Å²) in [6, 6.07) is 5.35. The molecule has 0 aromatic heterocycles. The van der Waals surface area contributed by atoms with Crippen molar-refractivity contribution in [3.05, 3.63) is 23.8 Å². The quantitative estimate of drug-likeness (QED) is 0.658. The van der Waals surface area contributed by atoms with E-state index in [0.29, 0.717) is 17.9 Å². The van der Waals surface area contributed by atoms with E-state index in [1.807, 2.05) is 0 Å². The molecule has 1 spiro atoms. The summed E-state index contributed by atoms with van der Waals surface area (Å²) in [7, 11) is 0. The van der Waals surface area contributed by atoms with Crippen LogP contribution < -0.4 is 9.47 Å². The van der Waals surface area contributed by atoms with Gasteiger partial charge in [0.05, 0.1) is 0 Å². The molecule has 1 fully saturated rings. The van der Waals surface area contributed by atoms with E-state index < -0.39 is 0 Å². The minimum absolute atomic E-state index is 0.0526. The maximum atomic E-state index is 11.2. The SMILES string of the molecule is CC(=O)c1ccc2c(c1)OC1(CC1)CO2. The van der Waals surface area contributed by atoms with Gasteiger partial charge in [0.2, 0.25) is 0 Å². The lowest BCUT2D eigenvalue weighted by Crippen LogP contribution is -2.30. The number of ketones is 1. The molecule has 0 N–H and O–H groups in total. The van der Waals surface area contributed by atoms with Gasteiger partial charge in [-0.2, -0.15) is 0 Å². The van der Waals surface area contributed by atoms with Crippen LogP contribution >= 0.6 is 0 Å². The highest BCUT2D eigenvalue weighted by Gasteiger charge is 2.49. The zero-order chi connectivity index (χ0) is 10.5. The van der Waals surface area contributed by atoms with Gasteiger partial charge in [-0.1, -0.05) is 0 Å². The molecule has 1 saturated carbocycles. The van der Waals surface area contributed by atoms with Crippen LogP contribution in [0.2, 0.25) is 0 Å². The van der Waals surface area contributed by atoms with E-state index in [1.54, 1.807) is 25.1 Å². The Balaban J connectivity index is 1.99. The molecule has 0 amide bonds. The second kappa shape index (κ2) is 2.75. The summed E-state index contributed by atoms with van der Waals surface area (Å²) in [5.41, 5.74) is 0.595. The first-order valence-electron chi connectivity index (χ1n) is 5.15. The highest BCUT2D eigenvalue weighted by atomic mass is 16.6. The Morgan fingerprint density at radius 1 is 1.33 bits per heavy atom. The summed E-state index contributed by atoms with van der Waals surface area (Å²) >= 11 is 0. The van der Waals surface area contributed by atoms with Crippen LogP contribution in [-0.4, -0.2) is 18.0 Å². The number of hydrogen-bond acceptors (Lipinski definition) is 3. The lowest BCUT2D eigenvalue weighted by Gasteiger charge is -2.26. The molecule has 15 heavy (non-hydrogen) atoms. The molecular formula is C12H12O3. The maximum Gasteiger partial charge on any atom is 0.162 e. The average Bonchev–Trinajstić information content (AvgIpc) is 2.96. The summed E-state index contributed by atoms with van der Waals surface area (Å²) in [5, 5.41) is 0. The summed E-state index contributed by atoms with van der Waals surface area (Å²) < 4.78 is 11.4. The highest BCUT2D eigenvalue weighted by Crippen LogP contribution is 2.47. The van der Waals surface area contributed by atoms with E-state index in [9.17, 15) is 4.79 Å². The van der Waals surface area contributed by atoms with Crippen molar-refractivity contribution in [3.8, 4) is 11.5 Å². The summed E-state index contributed by atoms with van der Waals surface area (Å²) in [4.78, 5) is 11.2. The molecule has 1 aromatic carbocycles. The second-order valence-corrected chi connectivity index (χ2v) is 4.29. The van der Waals surface area contributed by atoms with Crippen LogP contribution in [0, 0.1) is 0 Å². The minimum Gasteiger partial charge on any atom is -0.486 e. The number of benzene rings is 1. The largest absolute Gasteiger partial charge is 0.486 e. The Labute approximate surface area is 88.0 Å². The van der Waals surface area contributed by atoms with Crippen molar-refractivity contribution in [2.24, 2.45) is 0 Å². The fourth-order valence-corrected chi connectivity index (χ4v) is 1.78. The first-order chi connectivity index (χ1) is 7.19. The summed E-state index contributed by atoms with van der Waals surface area (Å²) in [5.74, 6) is 1.51. The van der Waals surface area contributed by atoms with Gasteiger partial charge in [-0.05, 0) is 38.0 Å². The van der Waals surface area contributed by atoms with Crippen molar-refractivity contribution in [3.63, 3.8) is 0 Å². The van der Waals surface area contributed by atoms with Gasteiger partial charge in [-0.25, -0.2) is 0 Å². The van der Waals surface area contributed by atoms with E-state index >= 15 is 0 Å². The Morgan fingerprint density at radius 3 is 2.80 bits per heavy atom. The normalized spacial score (nSPS) is 20.1. The number of ether oxygens (including phenoxy) is 2. The van der Waals surface area contributed by atoms with Gasteiger partial charge in [0.1, 0.15) is 12.2 Å². The maximum absolute atomic E-state index is 11.2. The van der Waals surface area contributed by atoms with Crippen LogP contribution in [-0.2, 0) is 0 Å². The third kappa shape index (κ3) is 1.39. The topological polar surface area (TPSA) is 35.5 Å². The number of carbonyl (C=O) groups is 1. The van der Waals surface area contributed by atoms with Crippen LogP contribution in [0.15, 0.2) is 18.2 Å². The molecule has 3 nitrogen and oxygen atoms in total. The van der Waals surface area contributed by atoms with E-state index in [-0.39, 0.29) is 11.4 Å². The lowest BCUT2D eigenvalue weighted by molar-refractivity contribution is 0.0714. The number of carbonyl (C=O) groups excluding carboxylic acids is 1. The molecule has 0 radical (unpaired) electrons. The summed E-state index contributed by atoms with van der Waals surface area (Å²) in [6.45, 7) is 2.19. The van der Waals surface area contributed by atoms with Gasteiger partial charge >= 0.3 is 0 Å². The third-order valence-electron chi connectivity index (χ3n) is 2.98. The Hall–Kier alpha value is -1.51. The molecule has 78 valence electrons. The van der Waals surface area contributed by atoms with Gasteiger partial charge in [0, 0.05) is 5.56 Å². The number of rotatable bonds is 1. The zero-order valence-corrected chi connectivity index (χ0v) is 8.58. The Morgan fingerprint density at radius 2 is 2.13 bits per heavy atom. The fraction of sp³-hybridized carbons (Fsp3) is 0.417. The molecule has 0 bridgehead atoms. The third-order valence-corrected chi connectivity index (χ3v) is 2.98. The standard InChI is InChI=1S/C12H12O3/c1-8(13)9-2-3-10-11(6-9)15-12(4-5-12)7-14-10/h2-3,6H,4-5,7H2,1H3. The Kier molecular flexibility index (Phi) is 1.61. The fourth-order valence-electron chi connectivity index (χ4n) is 1.78.